The van der Waals surface area contributed by atoms with Crippen molar-refractivity contribution in [1.29, 1.82) is 0 Å². The number of nitrogens with two attached hydrogens (primary N) is 1. The number of nitrogens with zero attached hydrogens (tertiary/aromatic N) is 2. The summed E-state index contributed by atoms with van der Waals surface area (Å²) < 4.78 is 10.6. The second-order valence-electron chi connectivity index (χ2n) is 5.99. The van der Waals surface area contributed by atoms with E-state index in [1.54, 1.807) is 7.11 Å². The second kappa shape index (κ2) is 5.25. The Morgan fingerprint density at radius 2 is 2.00 bits per heavy atom. The molecule has 1 unspecified atom stereocenters. The van der Waals surface area contributed by atoms with Gasteiger partial charge in [0.15, 0.2) is 5.82 Å². The minimum absolute atomic E-state index is 0.119. The van der Waals surface area contributed by atoms with E-state index < -0.39 is 0 Å². The average Bonchev–Trinajstić information content (AvgIpc) is 2.86. The highest BCUT2D eigenvalue weighted by Crippen LogP contribution is 2.31. The van der Waals surface area contributed by atoms with Crippen LogP contribution in [0.15, 0.2) is 22.7 Å². The lowest BCUT2D eigenvalue weighted by Crippen LogP contribution is -2.27. The Hall–Kier alpha value is -1.88. The van der Waals surface area contributed by atoms with E-state index in [0.29, 0.717) is 11.7 Å². The molecule has 1 aromatic carbocycles. The van der Waals surface area contributed by atoms with Gasteiger partial charge in [-0.15, -0.1) is 0 Å². The molecule has 0 bridgehead atoms. The summed E-state index contributed by atoms with van der Waals surface area (Å²) in [6.07, 6.45) is 0. The maximum atomic E-state index is 6.13. The molecule has 1 heterocycles. The van der Waals surface area contributed by atoms with Gasteiger partial charge >= 0.3 is 0 Å². The quantitative estimate of drug-likeness (QED) is 0.931. The average molecular weight is 275 g/mol. The molecule has 1 atom stereocenters. The van der Waals surface area contributed by atoms with Crippen LogP contribution in [0.3, 0.4) is 0 Å². The van der Waals surface area contributed by atoms with E-state index in [1.807, 2.05) is 45.9 Å². The predicted octanol–water partition coefficient (Wildman–Crippen LogP) is 3.10. The van der Waals surface area contributed by atoms with E-state index in [2.05, 4.69) is 10.1 Å². The van der Waals surface area contributed by atoms with Crippen LogP contribution in [-0.4, -0.2) is 17.3 Å². The Kier molecular flexibility index (Phi) is 3.81. The van der Waals surface area contributed by atoms with Gasteiger partial charge in [-0.3, -0.25) is 0 Å². The van der Waals surface area contributed by atoms with Crippen LogP contribution < -0.4 is 10.5 Å². The molecule has 5 heteroatoms. The summed E-state index contributed by atoms with van der Waals surface area (Å²) in [4.78, 5) is 4.39. The molecule has 2 rings (SSSR count). The highest BCUT2D eigenvalue weighted by molar-refractivity contribution is 5.57. The molecule has 2 N–H and O–H groups in total. The highest BCUT2D eigenvalue weighted by atomic mass is 16.5. The van der Waals surface area contributed by atoms with Crippen molar-refractivity contribution in [3.8, 4) is 17.2 Å². The number of hydrogen-bond donors (Lipinski definition) is 1. The number of benzene rings is 1. The topological polar surface area (TPSA) is 74.2 Å². The van der Waals surface area contributed by atoms with Gasteiger partial charge in [0.2, 0.25) is 0 Å². The van der Waals surface area contributed by atoms with Gasteiger partial charge < -0.3 is 15.0 Å². The third-order valence-electron chi connectivity index (χ3n) is 3.31. The molecule has 0 saturated carbocycles. The summed E-state index contributed by atoms with van der Waals surface area (Å²) in [5, 5.41) is 3.98. The zero-order valence-corrected chi connectivity index (χ0v) is 12.6. The van der Waals surface area contributed by atoms with Gasteiger partial charge in [-0.1, -0.05) is 32.0 Å². The predicted molar refractivity (Wildman–Crippen MR) is 77.4 cm³/mol. The fraction of sp³-hybridized carbons (Fsp3) is 0.467. The molecule has 0 aliphatic carbocycles. The van der Waals surface area contributed by atoms with Gasteiger partial charge in [0.25, 0.3) is 5.89 Å². The summed E-state index contributed by atoms with van der Waals surface area (Å²) >= 11 is 0. The number of aromatic nitrogens is 2. The Labute approximate surface area is 119 Å². The molecule has 0 spiro atoms. The first-order chi connectivity index (χ1) is 9.32. The zero-order valence-electron chi connectivity index (χ0n) is 12.6. The fourth-order valence-corrected chi connectivity index (χ4v) is 1.82. The van der Waals surface area contributed by atoms with Crippen molar-refractivity contribution in [2.75, 3.05) is 7.11 Å². The van der Waals surface area contributed by atoms with Crippen molar-refractivity contribution in [3.63, 3.8) is 0 Å². The SMILES string of the molecule is COc1cc(-c2nc(C(N)C(C)(C)C)no2)ccc1C. The van der Waals surface area contributed by atoms with Crippen molar-refractivity contribution >= 4 is 0 Å². The maximum Gasteiger partial charge on any atom is 0.258 e. The Bertz CT molecular complexity index is 599. The molecule has 20 heavy (non-hydrogen) atoms. The maximum absolute atomic E-state index is 6.13. The molecule has 0 amide bonds. The van der Waals surface area contributed by atoms with Gasteiger partial charge in [0, 0.05) is 5.56 Å². The molecule has 108 valence electrons. The highest BCUT2D eigenvalue weighted by Gasteiger charge is 2.27. The van der Waals surface area contributed by atoms with E-state index in [9.17, 15) is 0 Å². The first-order valence-electron chi connectivity index (χ1n) is 6.57. The standard InChI is InChI=1S/C15H21N3O2/c1-9-6-7-10(8-11(9)19-5)14-17-13(18-20-14)12(16)15(2,3)4/h6-8,12H,16H2,1-5H3. The van der Waals surface area contributed by atoms with Crippen molar-refractivity contribution < 1.29 is 9.26 Å². The molecule has 1 aromatic heterocycles. The lowest BCUT2D eigenvalue weighted by molar-refractivity contribution is 0.303. The van der Waals surface area contributed by atoms with E-state index in [1.165, 1.54) is 0 Å². The van der Waals surface area contributed by atoms with Gasteiger partial charge in [-0.2, -0.15) is 4.98 Å². The van der Waals surface area contributed by atoms with Gasteiger partial charge in [0.1, 0.15) is 5.75 Å². The van der Waals surface area contributed by atoms with Crippen LogP contribution >= 0.6 is 0 Å². The summed E-state index contributed by atoms with van der Waals surface area (Å²) in [6, 6.07) is 5.50. The molecule has 0 aliphatic rings. The molecule has 0 saturated heterocycles. The second-order valence-corrected chi connectivity index (χ2v) is 5.99. The van der Waals surface area contributed by atoms with Crippen molar-refractivity contribution in [3.05, 3.63) is 29.6 Å². The lowest BCUT2D eigenvalue weighted by Gasteiger charge is -2.23. The van der Waals surface area contributed by atoms with Crippen LogP contribution in [0.4, 0.5) is 0 Å². The van der Waals surface area contributed by atoms with Crippen molar-refractivity contribution in [1.82, 2.24) is 10.1 Å². The summed E-state index contributed by atoms with van der Waals surface area (Å²) in [5.74, 6) is 1.77. The number of rotatable bonds is 3. The Morgan fingerprint density at radius 3 is 2.60 bits per heavy atom. The first-order valence-corrected chi connectivity index (χ1v) is 6.57. The number of hydrogen-bond acceptors (Lipinski definition) is 5. The van der Waals surface area contributed by atoms with E-state index in [0.717, 1.165) is 16.9 Å². The van der Waals surface area contributed by atoms with Crippen molar-refractivity contribution in [2.45, 2.75) is 33.7 Å². The monoisotopic (exact) mass is 275 g/mol. The van der Waals surface area contributed by atoms with E-state index in [-0.39, 0.29) is 11.5 Å². The Balaban J connectivity index is 2.34. The molecule has 2 aromatic rings. The molecular formula is C15H21N3O2. The van der Waals surface area contributed by atoms with Crippen LogP contribution in [-0.2, 0) is 0 Å². The van der Waals surface area contributed by atoms with E-state index >= 15 is 0 Å². The first kappa shape index (κ1) is 14.5. The van der Waals surface area contributed by atoms with E-state index in [4.69, 9.17) is 15.0 Å². The minimum atomic E-state index is -0.271. The number of methoxy groups -OCH3 is 1. The molecular weight excluding hydrogens is 254 g/mol. The van der Waals surface area contributed by atoms with Crippen LogP contribution in [0.1, 0.15) is 38.2 Å². The smallest absolute Gasteiger partial charge is 0.258 e. The number of ether oxygens (including phenoxy) is 1. The summed E-state index contributed by atoms with van der Waals surface area (Å²) in [5.41, 5.74) is 7.90. The zero-order chi connectivity index (χ0) is 14.9. The van der Waals surface area contributed by atoms with Crippen LogP contribution in [0.25, 0.3) is 11.5 Å². The van der Waals surface area contributed by atoms with Gasteiger partial charge in [-0.25, -0.2) is 0 Å². The van der Waals surface area contributed by atoms with Gasteiger partial charge in [0.05, 0.1) is 13.2 Å². The van der Waals surface area contributed by atoms with Crippen LogP contribution in [0, 0.1) is 12.3 Å². The molecule has 0 aliphatic heterocycles. The summed E-state index contributed by atoms with van der Waals surface area (Å²) in [6.45, 7) is 8.12. The third-order valence-corrected chi connectivity index (χ3v) is 3.31. The minimum Gasteiger partial charge on any atom is -0.496 e. The third kappa shape index (κ3) is 2.82. The summed E-state index contributed by atoms with van der Waals surface area (Å²) in [7, 11) is 1.64. The Morgan fingerprint density at radius 1 is 1.30 bits per heavy atom. The lowest BCUT2D eigenvalue weighted by atomic mass is 9.87. The normalized spacial score (nSPS) is 13.3. The van der Waals surface area contributed by atoms with Crippen LogP contribution in [0.2, 0.25) is 0 Å². The largest absolute Gasteiger partial charge is 0.496 e. The van der Waals surface area contributed by atoms with Gasteiger partial charge in [-0.05, 0) is 30.0 Å². The van der Waals surface area contributed by atoms with Crippen molar-refractivity contribution in [2.24, 2.45) is 11.1 Å². The van der Waals surface area contributed by atoms with Crippen LogP contribution in [0.5, 0.6) is 5.75 Å². The molecule has 0 radical (unpaired) electrons. The molecule has 5 nitrogen and oxygen atoms in total. The molecule has 0 fully saturated rings. The number of aryl methyl sites for hydroxylation is 1. The fourth-order valence-electron chi connectivity index (χ4n) is 1.82.